The van der Waals surface area contributed by atoms with Crippen LogP contribution in [-0.4, -0.2) is 40.5 Å². The summed E-state index contributed by atoms with van der Waals surface area (Å²) in [4.78, 5) is -0.336. The maximum atomic E-state index is 13.6. The molecule has 21 heavy (non-hydrogen) atoms. The lowest BCUT2D eigenvalue weighted by Crippen LogP contribution is -2.52. The van der Waals surface area contributed by atoms with Crippen LogP contribution in [0.5, 0.6) is 0 Å². The van der Waals surface area contributed by atoms with Crippen LogP contribution in [0.15, 0.2) is 23.1 Å². The molecular weight excluding hydrogens is 315 g/mol. The number of benzene rings is 1. The van der Waals surface area contributed by atoms with E-state index in [2.05, 4.69) is 0 Å². The van der Waals surface area contributed by atoms with Gasteiger partial charge in [0.1, 0.15) is 22.3 Å². The predicted molar refractivity (Wildman–Crippen MR) is 76.9 cm³/mol. The van der Waals surface area contributed by atoms with Crippen molar-refractivity contribution in [2.75, 3.05) is 12.3 Å². The predicted octanol–water partition coefficient (Wildman–Crippen LogP) is 1.23. The van der Waals surface area contributed by atoms with E-state index >= 15 is 0 Å². The van der Waals surface area contributed by atoms with E-state index in [9.17, 15) is 17.0 Å². The Morgan fingerprint density at radius 1 is 1.43 bits per heavy atom. The van der Waals surface area contributed by atoms with Crippen LogP contribution in [0.3, 0.4) is 0 Å². The molecule has 0 radical (unpaired) electrons. The average molecular weight is 330 g/mol. The fraction of sp³-hybridized carbons (Fsp3) is 0.462. The van der Waals surface area contributed by atoms with Crippen LogP contribution in [-0.2, 0) is 20.8 Å². The van der Waals surface area contributed by atoms with Gasteiger partial charge in [-0.15, -0.1) is 0 Å². The SMILES string of the molecule is C[C@@H]1[C@@H](C)[S@@](=O)CCN1S(=O)(=O)c1cccc(F)c1C#N. The topological polar surface area (TPSA) is 78.2 Å². The molecule has 8 heteroatoms. The number of nitrogens with zero attached hydrogens (tertiary/aromatic N) is 2. The standard InChI is InChI=1S/C13H15FN2O3S2/c1-9-10(2)20(17)7-6-16(9)21(18,19)13-5-3-4-12(14)11(13)8-15/h3-5,9-10H,6-7H2,1-2H3/t9-,10-,20+/m1/s1. The van der Waals surface area contributed by atoms with Gasteiger partial charge in [-0.25, -0.2) is 12.8 Å². The summed E-state index contributed by atoms with van der Waals surface area (Å²) in [6.45, 7) is 3.49. The van der Waals surface area contributed by atoms with Gasteiger partial charge in [-0.2, -0.15) is 9.57 Å². The third-order valence-electron chi connectivity index (χ3n) is 3.73. The molecule has 1 heterocycles. The van der Waals surface area contributed by atoms with E-state index in [1.54, 1.807) is 19.9 Å². The van der Waals surface area contributed by atoms with Gasteiger partial charge in [-0.3, -0.25) is 4.21 Å². The maximum absolute atomic E-state index is 13.6. The lowest BCUT2D eigenvalue weighted by atomic mass is 10.2. The summed E-state index contributed by atoms with van der Waals surface area (Å²) in [6.07, 6.45) is 0. The van der Waals surface area contributed by atoms with E-state index in [1.807, 2.05) is 0 Å². The summed E-state index contributed by atoms with van der Waals surface area (Å²) < 4.78 is 52.0. The first-order valence-corrected chi connectivity index (χ1v) is 9.20. The molecule has 1 aliphatic heterocycles. The Kier molecular flexibility index (Phi) is 4.46. The number of nitriles is 1. The van der Waals surface area contributed by atoms with Crippen molar-refractivity contribution >= 4 is 20.8 Å². The fourth-order valence-corrected chi connectivity index (χ4v) is 5.70. The van der Waals surface area contributed by atoms with Gasteiger partial charge in [-0.05, 0) is 26.0 Å². The zero-order valence-corrected chi connectivity index (χ0v) is 13.2. The second kappa shape index (κ2) is 5.83. The molecule has 1 aromatic rings. The Morgan fingerprint density at radius 3 is 2.71 bits per heavy atom. The van der Waals surface area contributed by atoms with E-state index < -0.39 is 38.2 Å². The molecule has 114 valence electrons. The molecule has 1 aliphatic rings. The molecule has 0 bridgehead atoms. The number of halogens is 1. The summed E-state index contributed by atoms with van der Waals surface area (Å²) in [5.74, 6) is -0.623. The fourth-order valence-electron chi connectivity index (χ4n) is 2.32. The molecule has 1 fully saturated rings. The number of hydrogen-bond donors (Lipinski definition) is 0. The van der Waals surface area contributed by atoms with Crippen molar-refractivity contribution in [3.8, 4) is 6.07 Å². The molecular formula is C13H15FN2O3S2. The molecule has 0 amide bonds. The summed E-state index contributed by atoms with van der Waals surface area (Å²) >= 11 is 0. The Hall–Kier alpha value is -1.30. The van der Waals surface area contributed by atoms with Crippen LogP contribution in [0.4, 0.5) is 4.39 Å². The van der Waals surface area contributed by atoms with Gasteiger partial charge < -0.3 is 0 Å². The van der Waals surface area contributed by atoms with Gasteiger partial charge in [0.05, 0.1) is 0 Å². The summed E-state index contributed by atoms with van der Waals surface area (Å²) in [5, 5.41) is 8.69. The molecule has 2 rings (SSSR count). The third kappa shape index (κ3) is 2.73. The van der Waals surface area contributed by atoms with E-state index in [4.69, 9.17) is 5.26 Å². The van der Waals surface area contributed by atoms with E-state index in [0.717, 1.165) is 6.07 Å². The third-order valence-corrected chi connectivity index (χ3v) is 7.57. The van der Waals surface area contributed by atoms with Crippen LogP contribution < -0.4 is 0 Å². The van der Waals surface area contributed by atoms with E-state index in [1.165, 1.54) is 16.4 Å². The lowest BCUT2D eigenvalue weighted by molar-refractivity contribution is 0.334. The molecule has 1 aromatic carbocycles. The maximum Gasteiger partial charge on any atom is 0.244 e. The van der Waals surface area contributed by atoms with Crippen molar-refractivity contribution in [3.63, 3.8) is 0 Å². The molecule has 1 saturated heterocycles. The Morgan fingerprint density at radius 2 is 2.10 bits per heavy atom. The highest BCUT2D eigenvalue weighted by Crippen LogP contribution is 2.27. The zero-order valence-electron chi connectivity index (χ0n) is 11.6. The first-order valence-electron chi connectivity index (χ1n) is 6.38. The highest BCUT2D eigenvalue weighted by Gasteiger charge is 2.39. The first kappa shape index (κ1) is 16.1. The minimum atomic E-state index is -4.00. The van der Waals surface area contributed by atoms with Crippen LogP contribution in [0, 0.1) is 17.1 Å². The first-order chi connectivity index (χ1) is 9.80. The van der Waals surface area contributed by atoms with Crippen molar-refractivity contribution in [1.29, 1.82) is 5.26 Å². The molecule has 5 nitrogen and oxygen atoms in total. The molecule has 0 saturated carbocycles. The van der Waals surface area contributed by atoms with Crippen molar-refractivity contribution in [3.05, 3.63) is 29.6 Å². The number of rotatable bonds is 2. The minimum Gasteiger partial charge on any atom is -0.259 e. The minimum absolute atomic E-state index is 0.0990. The smallest absolute Gasteiger partial charge is 0.244 e. The highest BCUT2D eigenvalue weighted by atomic mass is 32.2. The van der Waals surface area contributed by atoms with Crippen LogP contribution in [0.1, 0.15) is 19.4 Å². The van der Waals surface area contributed by atoms with Gasteiger partial charge in [0.15, 0.2) is 0 Å². The molecule has 0 N–H and O–H groups in total. The second-order valence-electron chi connectivity index (χ2n) is 4.87. The Labute approximate surface area is 125 Å². The molecule has 0 unspecified atom stereocenters. The Bertz CT molecular complexity index is 727. The largest absolute Gasteiger partial charge is 0.259 e. The normalized spacial score (nSPS) is 27.2. The summed E-state index contributed by atoms with van der Waals surface area (Å²) in [7, 11) is -5.08. The van der Waals surface area contributed by atoms with Gasteiger partial charge >= 0.3 is 0 Å². The van der Waals surface area contributed by atoms with Gasteiger partial charge in [0, 0.05) is 34.4 Å². The highest BCUT2D eigenvalue weighted by molar-refractivity contribution is 7.89. The number of hydrogen-bond acceptors (Lipinski definition) is 4. The van der Waals surface area contributed by atoms with E-state index in [0.29, 0.717) is 0 Å². The monoisotopic (exact) mass is 330 g/mol. The van der Waals surface area contributed by atoms with Crippen LogP contribution in [0.2, 0.25) is 0 Å². The lowest BCUT2D eigenvalue weighted by Gasteiger charge is -2.36. The average Bonchev–Trinajstić information content (AvgIpc) is 2.44. The van der Waals surface area contributed by atoms with Gasteiger partial charge in [0.2, 0.25) is 10.0 Å². The van der Waals surface area contributed by atoms with Crippen molar-refractivity contribution in [1.82, 2.24) is 4.31 Å². The van der Waals surface area contributed by atoms with Crippen LogP contribution in [0.25, 0.3) is 0 Å². The molecule has 3 atom stereocenters. The quantitative estimate of drug-likeness (QED) is 0.817. The van der Waals surface area contributed by atoms with Crippen molar-refractivity contribution < 1.29 is 17.0 Å². The van der Waals surface area contributed by atoms with Gasteiger partial charge in [-0.1, -0.05) is 6.07 Å². The van der Waals surface area contributed by atoms with Gasteiger partial charge in [0.25, 0.3) is 0 Å². The summed E-state index contributed by atoms with van der Waals surface area (Å²) in [6, 6.07) is 4.67. The molecule has 0 spiro atoms. The number of sulfonamides is 1. The molecule has 0 aliphatic carbocycles. The van der Waals surface area contributed by atoms with E-state index in [-0.39, 0.29) is 22.4 Å². The van der Waals surface area contributed by atoms with Crippen molar-refractivity contribution in [2.24, 2.45) is 0 Å². The summed E-state index contributed by atoms with van der Waals surface area (Å²) in [5.41, 5.74) is -0.482. The second-order valence-corrected chi connectivity index (χ2v) is 8.64. The van der Waals surface area contributed by atoms with Crippen LogP contribution >= 0.6 is 0 Å². The Balaban J connectivity index is 2.51. The molecule has 0 aromatic heterocycles. The zero-order chi connectivity index (χ0) is 15.8. The van der Waals surface area contributed by atoms with Crippen molar-refractivity contribution in [2.45, 2.75) is 30.0 Å².